The second kappa shape index (κ2) is 16.6. The minimum atomic E-state index is 0. The molecule has 0 aromatic heterocycles. The molecule has 0 rings (SSSR count). The Balaban J connectivity index is 0. The van der Waals surface area contributed by atoms with Crippen LogP contribution >= 0.6 is 0 Å². The van der Waals surface area contributed by atoms with Crippen LogP contribution in [0.25, 0.3) is 0 Å². The van der Waals surface area contributed by atoms with E-state index in [2.05, 4.69) is 0 Å². The van der Waals surface area contributed by atoms with Crippen molar-refractivity contribution in [2.45, 2.75) is 0 Å². The molecule has 0 aliphatic carbocycles. The first-order valence-electron chi connectivity index (χ1n) is 0. The standard InChI is InChI=1S/Bi.Pd.Pt.H2Te.3H/h;;;1H2;;;. The molecule has 0 atom stereocenters. The summed E-state index contributed by atoms with van der Waals surface area (Å²) < 4.78 is 0. The second-order valence-electron chi connectivity index (χ2n) is 0. The molecule has 0 amide bonds. The van der Waals surface area contributed by atoms with Crippen molar-refractivity contribution >= 4 is 49.9 Å². The molecule has 0 saturated heterocycles. The zero-order valence-corrected chi connectivity index (χ0v) is 14.0. The van der Waals surface area contributed by atoms with Gasteiger partial charge in [0, 0.05) is 41.5 Å². The van der Waals surface area contributed by atoms with Gasteiger partial charge >= 0.3 is 49.9 Å². The average molecular weight is 643 g/mol. The molecule has 36 valence electrons. The average Bonchev–Trinajstić information content (AvgIpc) is 0. The molecular weight excluding hydrogens is 638 g/mol. The summed E-state index contributed by atoms with van der Waals surface area (Å²) in [7, 11) is 0. The second-order valence-corrected chi connectivity index (χ2v) is 0. The van der Waals surface area contributed by atoms with E-state index in [0.29, 0.717) is 0 Å². The van der Waals surface area contributed by atoms with Crippen molar-refractivity contribution in [3.05, 3.63) is 0 Å². The summed E-state index contributed by atoms with van der Waals surface area (Å²) in [6.07, 6.45) is 0. The first-order valence-corrected chi connectivity index (χ1v) is 0. The molecule has 0 fully saturated rings. The normalized spacial score (nSPS) is 0. The van der Waals surface area contributed by atoms with Gasteiger partial charge in [0.2, 0.25) is 0 Å². The molecular formula is H5BiPdPtTe. The molecule has 0 aliphatic rings. The first kappa shape index (κ1) is 27.9. The monoisotopic (exact) mass is 645 g/mol. The van der Waals surface area contributed by atoms with Gasteiger partial charge in [0.05, 0.1) is 0 Å². The predicted octanol–water partition coefficient (Wildman–Crippen LogP) is -2.11. The van der Waals surface area contributed by atoms with Gasteiger partial charge in [0.15, 0.2) is 0 Å². The fraction of sp³-hybridized carbons (Fsp3) is 0. The third-order valence-corrected chi connectivity index (χ3v) is 0. The van der Waals surface area contributed by atoms with Crippen LogP contribution in [0.3, 0.4) is 0 Å². The molecule has 0 aromatic carbocycles. The predicted molar refractivity (Wildman–Crippen MR) is 18.5 cm³/mol. The van der Waals surface area contributed by atoms with Gasteiger partial charge in [-0.15, -0.1) is 0 Å². The van der Waals surface area contributed by atoms with Crippen LogP contribution in [0, 0.1) is 0 Å². The number of hydrogen-bond acceptors (Lipinski definition) is 0. The molecule has 0 aliphatic heterocycles. The van der Waals surface area contributed by atoms with Crippen LogP contribution in [0.5, 0.6) is 0 Å². The van der Waals surface area contributed by atoms with E-state index in [1.807, 2.05) is 0 Å². The zero-order valence-electron chi connectivity index (χ0n) is 1.84. The van der Waals surface area contributed by atoms with Gasteiger partial charge in [0.1, 0.15) is 0 Å². The Morgan fingerprint density at radius 1 is 1.00 bits per heavy atom. The molecule has 0 N–H and O–H groups in total. The third-order valence-electron chi connectivity index (χ3n) is 0. The van der Waals surface area contributed by atoms with E-state index in [1.54, 1.807) is 0 Å². The van der Waals surface area contributed by atoms with Crippen molar-refractivity contribution in [1.29, 1.82) is 0 Å². The van der Waals surface area contributed by atoms with Crippen molar-refractivity contribution in [2.75, 3.05) is 0 Å². The van der Waals surface area contributed by atoms with E-state index in [9.17, 15) is 0 Å². The van der Waals surface area contributed by atoms with Crippen LogP contribution in [0.1, 0.15) is 0 Å². The molecule has 0 nitrogen and oxygen atoms in total. The van der Waals surface area contributed by atoms with E-state index in [4.69, 9.17) is 0 Å². The Hall–Kier alpha value is 3.02. The van der Waals surface area contributed by atoms with Crippen molar-refractivity contribution in [1.82, 2.24) is 0 Å². The third kappa shape index (κ3) is 8.90. The van der Waals surface area contributed by atoms with Crippen LogP contribution in [0.2, 0.25) is 0 Å². The van der Waals surface area contributed by atoms with Crippen LogP contribution in [-0.2, 0) is 41.5 Å². The van der Waals surface area contributed by atoms with Crippen LogP contribution in [-0.4, -0.2) is 49.9 Å². The Morgan fingerprint density at radius 2 is 1.00 bits per heavy atom. The first-order chi connectivity index (χ1) is 0. The Labute approximate surface area is 89.6 Å². The van der Waals surface area contributed by atoms with Gasteiger partial charge in [0.25, 0.3) is 0 Å². The van der Waals surface area contributed by atoms with Gasteiger partial charge in [-0.2, -0.15) is 0 Å². The van der Waals surface area contributed by atoms with Gasteiger partial charge in [-0.25, -0.2) is 0 Å². The Kier molecular flexibility index (Phi) is 116. The molecule has 0 spiro atoms. The minimum absolute atomic E-state index is 0. The van der Waals surface area contributed by atoms with E-state index in [1.165, 1.54) is 0 Å². The quantitative estimate of drug-likeness (QED) is 0.266. The molecule has 0 saturated carbocycles. The number of rotatable bonds is 0. The van der Waals surface area contributed by atoms with E-state index >= 15 is 0 Å². The van der Waals surface area contributed by atoms with Crippen molar-refractivity contribution in [3.8, 4) is 0 Å². The summed E-state index contributed by atoms with van der Waals surface area (Å²) in [5.74, 6) is 0. The molecule has 0 unspecified atom stereocenters. The molecule has 0 radical (unpaired) electrons. The van der Waals surface area contributed by atoms with Crippen molar-refractivity contribution in [3.63, 3.8) is 0 Å². The Morgan fingerprint density at radius 3 is 1.00 bits per heavy atom. The van der Waals surface area contributed by atoms with E-state index in [-0.39, 0.29) is 91.4 Å². The molecule has 4 heteroatoms. The maximum absolute atomic E-state index is 0. The summed E-state index contributed by atoms with van der Waals surface area (Å²) >= 11 is 0. The summed E-state index contributed by atoms with van der Waals surface area (Å²) in [6.45, 7) is 0. The van der Waals surface area contributed by atoms with Gasteiger partial charge in [-0.1, -0.05) is 0 Å². The molecule has 4 heavy (non-hydrogen) atoms. The summed E-state index contributed by atoms with van der Waals surface area (Å²) in [6, 6.07) is 0. The number of hydrogen-bond donors (Lipinski definition) is 0. The summed E-state index contributed by atoms with van der Waals surface area (Å²) in [5, 5.41) is 0. The van der Waals surface area contributed by atoms with Crippen LogP contribution in [0.4, 0.5) is 0 Å². The van der Waals surface area contributed by atoms with Gasteiger partial charge in [-0.3, -0.25) is 0 Å². The van der Waals surface area contributed by atoms with E-state index in [0.717, 1.165) is 0 Å². The molecule has 0 heterocycles. The topological polar surface area (TPSA) is 0 Å². The SMILES string of the molecule is [BiH3].[Pd].[Pt].[TeH2]. The van der Waals surface area contributed by atoms with Crippen LogP contribution < -0.4 is 0 Å². The zero-order chi connectivity index (χ0) is 0. The summed E-state index contributed by atoms with van der Waals surface area (Å²) in [5.41, 5.74) is 0. The molecule has 0 aromatic rings. The van der Waals surface area contributed by atoms with E-state index < -0.39 is 0 Å². The molecule has 0 bridgehead atoms. The van der Waals surface area contributed by atoms with Gasteiger partial charge < -0.3 is 0 Å². The van der Waals surface area contributed by atoms with Crippen LogP contribution in [0.15, 0.2) is 0 Å². The van der Waals surface area contributed by atoms with Gasteiger partial charge in [-0.05, 0) is 0 Å². The summed E-state index contributed by atoms with van der Waals surface area (Å²) in [4.78, 5) is 0. The maximum atomic E-state index is 0. The fourth-order valence-electron chi connectivity index (χ4n) is 0. The Bertz CT molecular complexity index is 8.00. The van der Waals surface area contributed by atoms with Crippen molar-refractivity contribution in [2.24, 2.45) is 0 Å². The fourth-order valence-corrected chi connectivity index (χ4v) is 0. The van der Waals surface area contributed by atoms with Crippen molar-refractivity contribution < 1.29 is 41.5 Å².